The molecular formula is C30H28ClF3N8. The SMILES string of the molecule is Cc1cc(C#N)ccc1C(Nc1cc(Cl)c2ncc(C#N)c(NCC(C)(C)C)c2c1)c1cn(C2(C(F)(F)F)CC2)nn1. The normalized spacial score (nSPS) is 15.1. The van der Waals surface area contributed by atoms with Crippen molar-refractivity contribution in [2.75, 3.05) is 17.2 Å². The first-order valence-electron chi connectivity index (χ1n) is 13.3. The Morgan fingerprint density at radius 1 is 1.12 bits per heavy atom. The summed E-state index contributed by atoms with van der Waals surface area (Å²) in [6, 6.07) is 12.1. The lowest BCUT2D eigenvalue weighted by molar-refractivity contribution is -0.182. The molecule has 216 valence electrons. The molecule has 2 aromatic heterocycles. The second kappa shape index (κ2) is 10.5. The number of anilines is 2. The summed E-state index contributed by atoms with van der Waals surface area (Å²) in [5.41, 5.74) is 1.98. The minimum atomic E-state index is -4.46. The van der Waals surface area contributed by atoms with Crippen molar-refractivity contribution in [3.63, 3.8) is 0 Å². The van der Waals surface area contributed by atoms with Gasteiger partial charge in [-0.1, -0.05) is 43.7 Å². The largest absolute Gasteiger partial charge is 0.413 e. The van der Waals surface area contributed by atoms with Crippen LogP contribution in [0.25, 0.3) is 10.9 Å². The number of aryl methyl sites for hydroxylation is 1. The maximum absolute atomic E-state index is 13.9. The Hall–Kier alpha value is -4.35. The van der Waals surface area contributed by atoms with E-state index in [1.165, 1.54) is 12.4 Å². The summed E-state index contributed by atoms with van der Waals surface area (Å²) < 4.78 is 42.5. The second-order valence-electron chi connectivity index (χ2n) is 11.8. The molecule has 0 radical (unpaired) electrons. The van der Waals surface area contributed by atoms with E-state index < -0.39 is 17.8 Å². The van der Waals surface area contributed by atoms with E-state index >= 15 is 0 Å². The predicted octanol–water partition coefficient (Wildman–Crippen LogP) is 7.24. The maximum Gasteiger partial charge on any atom is 0.413 e. The number of nitriles is 2. The first-order chi connectivity index (χ1) is 19.8. The van der Waals surface area contributed by atoms with Gasteiger partial charge in [-0.2, -0.15) is 23.7 Å². The standard InChI is InChI=1S/C30H28ClF3N8/c1-17-9-18(12-35)5-6-21(17)27(24-15-42(41-40-24)29(7-8-29)30(32,33)34)39-20-10-22-25(38-16-28(2,3)4)19(13-36)14-37-26(22)23(31)11-20/h5-6,9-11,14-15,27,39H,7-8,16H2,1-4H3,(H,37,38). The van der Waals surface area contributed by atoms with Gasteiger partial charge in [0.15, 0.2) is 5.54 Å². The van der Waals surface area contributed by atoms with Crippen molar-refractivity contribution in [1.29, 1.82) is 10.5 Å². The van der Waals surface area contributed by atoms with Crippen molar-refractivity contribution in [3.8, 4) is 12.1 Å². The number of rotatable bonds is 7. The van der Waals surface area contributed by atoms with Crippen molar-refractivity contribution in [2.45, 2.75) is 58.3 Å². The minimum absolute atomic E-state index is 0.0634. The van der Waals surface area contributed by atoms with Crippen LogP contribution in [0.4, 0.5) is 24.5 Å². The fourth-order valence-corrected chi connectivity index (χ4v) is 5.17. The second-order valence-corrected chi connectivity index (χ2v) is 12.2. The Morgan fingerprint density at radius 3 is 2.45 bits per heavy atom. The molecule has 8 nitrogen and oxygen atoms in total. The van der Waals surface area contributed by atoms with Crippen LogP contribution in [0.1, 0.15) is 67.6 Å². The van der Waals surface area contributed by atoms with Crippen molar-refractivity contribution in [3.05, 3.63) is 75.7 Å². The van der Waals surface area contributed by atoms with Crippen LogP contribution in [0.2, 0.25) is 5.02 Å². The number of fused-ring (bicyclic) bond motifs is 1. The molecule has 0 saturated heterocycles. The number of alkyl halides is 3. The lowest BCUT2D eigenvalue weighted by Gasteiger charge is -2.23. The van der Waals surface area contributed by atoms with E-state index in [1.807, 2.05) is 6.92 Å². The van der Waals surface area contributed by atoms with E-state index in [9.17, 15) is 23.7 Å². The van der Waals surface area contributed by atoms with E-state index in [2.05, 4.69) is 58.8 Å². The quantitative estimate of drug-likeness (QED) is 0.232. The summed E-state index contributed by atoms with van der Waals surface area (Å²) in [5, 5.41) is 34.9. The summed E-state index contributed by atoms with van der Waals surface area (Å²) >= 11 is 6.68. The number of nitrogens with zero attached hydrogens (tertiary/aromatic N) is 6. The molecule has 1 aliphatic carbocycles. The van der Waals surface area contributed by atoms with Gasteiger partial charge in [-0.3, -0.25) is 4.98 Å². The molecule has 1 fully saturated rings. The lowest BCUT2D eigenvalue weighted by Crippen LogP contribution is -2.35. The fraction of sp³-hybridized carbons (Fsp3) is 0.367. The third-order valence-electron chi connectivity index (χ3n) is 7.36. The van der Waals surface area contributed by atoms with Crippen LogP contribution in [-0.2, 0) is 5.54 Å². The van der Waals surface area contributed by atoms with Gasteiger partial charge in [0.1, 0.15) is 11.8 Å². The van der Waals surface area contributed by atoms with Gasteiger partial charge in [-0.15, -0.1) is 5.10 Å². The highest BCUT2D eigenvalue weighted by Gasteiger charge is 2.66. The van der Waals surface area contributed by atoms with E-state index in [4.69, 9.17) is 11.6 Å². The van der Waals surface area contributed by atoms with Crippen LogP contribution in [0.5, 0.6) is 0 Å². The number of hydrogen-bond donors (Lipinski definition) is 2. The van der Waals surface area contributed by atoms with Gasteiger partial charge in [0, 0.05) is 23.8 Å². The molecule has 0 bridgehead atoms. The van der Waals surface area contributed by atoms with E-state index in [0.717, 1.165) is 10.2 Å². The molecular weight excluding hydrogens is 565 g/mol. The first-order valence-corrected chi connectivity index (χ1v) is 13.7. The summed E-state index contributed by atoms with van der Waals surface area (Å²) in [7, 11) is 0. The summed E-state index contributed by atoms with van der Waals surface area (Å²) in [6.45, 7) is 8.60. The minimum Gasteiger partial charge on any atom is -0.383 e. The van der Waals surface area contributed by atoms with Crippen LogP contribution in [-0.4, -0.2) is 32.7 Å². The molecule has 1 unspecified atom stereocenters. The fourth-order valence-electron chi connectivity index (χ4n) is 4.90. The molecule has 4 aromatic rings. The molecule has 12 heteroatoms. The number of pyridine rings is 1. The third-order valence-corrected chi connectivity index (χ3v) is 7.65. The molecule has 1 aliphatic rings. The van der Waals surface area contributed by atoms with Crippen LogP contribution in [0, 0.1) is 35.0 Å². The third kappa shape index (κ3) is 5.45. The molecule has 1 atom stereocenters. The summed E-state index contributed by atoms with van der Waals surface area (Å²) in [5.74, 6) is 0. The molecule has 0 amide bonds. The highest BCUT2D eigenvalue weighted by molar-refractivity contribution is 6.35. The Bertz CT molecular complexity index is 1750. The van der Waals surface area contributed by atoms with Crippen molar-refractivity contribution < 1.29 is 13.2 Å². The first kappa shape index (κ1) is 29.2. The zero-order valence-electron chi connectivity index (χ0n) is 23.4. The maximum atomic E-state index is 13.9. The molecule has 2 N–H and O–H groups in total. The van der Waals surface area contributed by atoms with E-state index in [1.54, 1.807) is 30.3 Å². The van der Waals surface area contributed by atoms with Crippen LogP contribution >= 0.6 is 11.6 Å². The number of nitrogens with one attached hydrogen (secondary N) is 2. The van der Waals surface area contributed by atoms with Gasteiger partial charge in [0.25, 0.3) is 0 Å². The smallest absolute Gasteiger partial charge is 0.383 e. The van der Waals surface area contributed by atoms with Gasteiger partial charge in [0.2, 0.25) is 0 Å². The molecule has 2 heterocycles. The molecule has 0 spiro atoms. The van der Waals surface area contributed by atoms with Gasteiger partial charge in [0.05, 0.1) is 45.7 Å². The summed E-state index contributed by atoms with van der Waals surface area (Å²) in [6.07, 6.45) is -1.79. The Labute approximate surface area is 246 Å². The zero-order valence-corrected chi connectivity index (χ0v) is 24.2. The van der Waals surface area contributed by atoms with Crippen molar-refractivity contribution >= 4 is 33.9 Å². The van der Waals surface area contributed by atoms with Crippen LogP contribution < -0.4 is 10.6 Å². The van der Waals surface area contributed by atoms with Crippen molar-refractivity contribution in [2.24, 2.45) is 5.41 Å². The molecule has 1 saturated carbocycles. The average Bonchev–Trinajstić information content (AvgIpc) is 3.61. The monoisotopic (exact) mass is 592 g/mol. The Kier molecular flexibility index (Phi) is 7.28. The Balaban J connectivity index is 1.62. The number of hydrogen-bond acceptors (Lipinski definition) is 7. The number of benzene rings is 2. The predicted molar refractivity (Wildman–Crippen MR) is 154 cm³/mol. The highest BCUT2D eigenvalue weighted by Crippen LogP contribution is 2.55. The lowest BCUT2D eigenvalue weighted by atomic mass is 9.96. The van der Waals surface area contributed by atoms with Crippen LogP contribution in [0.15, 0.2) is 42.7 Å². The number of halogens is 4. The van der Waals surface area contributed by atoms with E-state index in [0.29, 0.717) is 50.5 Å². The van der Waals surface area contributed by atoms with Gasteiger partial charge in [-0.25, -0.2) is 4.68 Å². The van der Waals surface area contributed by atoms with Crippen molar-refractivity contribution in [1.82, 2.24) is 20.0 Å². The molecule has 2 aromatic carbocycles. The van der Waals surface area contributed by atoms with E-state index in [-0.39, 0.29) is 24.0 Å². The molecule has 42 heavy (non-hydrogen) atoms. The van der Waals surface area contributed by atoms with Gasteiger partial charge in [-0.05, 0) is 60.6 Å². The van der Waals surface area contributed by atoms with Gasteiger partial charge < -0.3 is 10.6 Å². The highest BCUT2D eigenvalue weighted by atomic mass is 35.5. The zero-order chi connectivity index (χ0) is 30.4. The van der Waals surface area contributed by atoms with Gasteiger partial charge >= 0.3 is 6.18 Å². The Morgan fingerprint density at radius 2 is 1.86 bits per heavy atom. The molecule has 0 aliphatic heterocycles. The summed E-state index contributed by atoms with van der Waals surface area (Å²) in [4.78, 5) is 4.40. The van der Waals surface area contributed by atoms with Crippen LogP contribution in [0.3, 0.4) is 0 Å². The number of aromatic nitrogens is 4. The topological polar surface area (TPSA) is 115 Å². The molecule has 5 rings (SSSR count). The average molecular weight is 593 g/mol.